The molecule has 0 saturated heterocycles. The third-order valence-corrected chi connectivity index (χ3v) is 3.76. The van der Waals surface area contributed by atoms with Gasteiger partial charge in [-0.2, -0.15) is 0 Å². The first-order valence-corrected chi connectivity index (χ1v) is 7.67. The zero-order chi connectivity index (χ0) is 15.1. The maximum atomic E-state index is 5.37. The SMILES string of the molecule is COc1ccc(CCNC(=S)Nc2nccs2)c(OC)c1. The Morgan fingerprint density at radius 3 is 2.86 bits per heavy atom. The van der Waals surface area contributed by atoms with Crippen molar-refractivity contribution in [2.24, 2.45) is 0 Å². The number of benzene rings is 1. The number of methoxy groups -OCH3 is 2. The number of rotatable bonds is 6. The van der Waals surface area contributed by atoms with Crippen LogP contribution < -0.4 is 20.1 Å². The van der Waals surface area contributed by atoms with Gasteiger partial charge in [-0.3, -0.25) is 0 Å². The van der Waals surface area contributed by atoms with E-state index in [1.165, 1.54) is 11.3 Å². The Morgan fingerprint density at radius 1 is 1.33 bits per heavy atom. The van der Waals surface area contributed by atoms with Crippen LogP contribution in [-0.2, 0) is 6.42 Å². The molecule has 0 bridgehead atoms. The molecule has 1 heterocycles. The number of thiazole rings is 1. The molecule has 0 spiro atoms. The number of ether oxygens (including phenoxy) is 2. The topological polar surface area (TPSA) is 55.4 Å². The van der Waals surface area contributed by atoms with Gasteiger partial charge in [-0.25, -0.2) is 4.98 Å². The highest BCUT2D eigenvalue weighted by Gasteiger charge is 2.05. The Hall–Kier alpha value is -1.86. The highest BCUT2D eigenvalue weighted by molar-refractivity contribution is 7.80. The second-order valence-electron chi connectivity index (χ2n) is 4.15. The average Bonchev–Trinajstić information content (AvgIpc) is 3.00. The van der Waals surface area contributed by atoms with Gasteiger partial charge in [0.05, 0.1) is 14.2 Å². The van der Waals surface area contributed by atoms with Gasteiger partial charge in [0.2, 0.25) is 0 Å². The Morgan fingerprint density at radius 2 is 2.19 bits per heavy atom. The van der Waals surface area contributed by atoms with Crippen LogP contribution >= 0.6 is 23.6 Å². The summed E-state index contributed by atoms with van der Waals surface area (Å²) in [5.74, 6) is 1.60. The molecule has 0 unspecified atom stereocenters. The molecule has 21 heavy (non-hydrogen) atoms. The first-order valence-electron chi connectivity index (χ1n) is 6.38. The Kier molecular flexibility index (Phi) is 5.77. The van der Waals surface area contributed by atoms with E-state index in [-0.39, 0.29) is 0 Å². The van der Waals surface area contributed by atoms with Crippen molar-refractivity contribution in [2.75, 3.05) is 26.1 Å². The smallest absolute Gasteiger partial charge is 0.188 e. The predicted octanol–water partition coefficient (Wildman–Crippen LogP) is 2.69. The molecule has 112 valence electrons. The van der Waals surface area contributed by atoms with E-state index in [1.807, 2.05) is 23.6 Å². The number of hydrogen-bond acceptors (Lipinski definition) is 5. The van der Waals surface area contributed by atoms with Gasteiger partial charge in [-0.15, -0.1) is 11.3 Å². The normalized spacial score (nSPS) is 10.0. The molecule has 5 nitrogen and oxygen atoms in total. The third kappa shape index (κ3) is 4.57. The quantitative estimate of drug-likeness (QED) is 0.797. The largest absolute Gasteiger partial charge is 0.497 e. The molecule has 7 heteroatoms. The summed E-state index contributed by atoms with van der Waals surface area (Å²) in [6.07, 6.45) is 2.53. The van der Waals surface area contributed by atoms with E-state index >= 15 is 0 Å². The van der Waals surface area contributed by atoms with Crippen LogP contribution in [0.5, 0.6) is 11.5 Å². The second-order valence-corrected chi connectivity index (χ2v) is 5.45. The maximum absolute atomic E-state index is 5.37. The molecule has 2 N–H and O–H groups in total. The van der Waals surface area contributed by atoms with E-state index in [0.717, 1.165) is 28.6 Å². The van der Waals surface area contributed by atoms with Gasteiger partial charge >= 0.3 is 0 Å². The molecule has 0 saturated carbocycles. The van der Waals surface area contributed by atoms with Crippen LogP contribution in [-0.4, -0.2) is 30.9 Å². The predicted molar refractivity (Wildman–Crippen MR) is 89.6 cm³/mol. The molecule has 0 aliphatic heterocycles. The Balaban J connectivity index is 1.84. The zero-order valence-electron chi connectivity index (χ0n) is 11.9. The van der Waals surface area contributed by atoms with Gasteiger partial charge in [-0.1, -0.05) is 6.07 Å². The molecule has 2 aromatic rings. The van der Waals surface area contributed by atoms with E-state index in [0.29, 0.717) is 11.7 Å². The average molecular weight is 323 g/mol. The number of nitrogens with zero attached hydrogens (tertiary/aromatic N) is 1. The number of hydrogen-bond donors (Lipinski definition) is 2. The van der Waals surface area contributed by atoms with Crippen molar-refractivity contribution in [3.05, 3.63) is 35.3 Å². The summed E-state index contributed by atoms with van der Waals surface area (Å²) < 4.78 is 10.5. The number of nitrogens with one attached hydrogen (secondary N) is 2. The first-order chi connectivity index (χ1) is 10.2. The minimum Gasteiger partial charge on any atom is -0.497 e. The van der Waals surface area contributed by atoms with Crippen molar-refractivity contribution < 1.29 is 9.47 Å². The molecule has 0 fully saturated rings. The standard InChI is InChI=1S/C14H17N3O2S2/c1-18-11-4-3-10(12(9-11)19-2)5-6-15-13(20)17-14-16-7-8-21-14/h3-4,7-9H,5-6H2,1-2H3,(H2,15,16,17,20). The molecule has 0 radical (unpaired) electrons. The van der Waals surface area contributed by atoms with Gasteiger partial charge < -0.3 is 20.1 Å². The molecule has 2 rings (SSSR count). The molecular formula is C14H17N3O2S2. The van der Waals surface area contributed by atoms with Crippen LogP contribution in [0, 0.1) is 0 Å². The Labute approximate surface area is 133 Å². The highest BCUT2D eigenvalue weighted by Crippen LogP contribution is 2.24. The highest BCUT2D eigenvalue weighted by atomic mass is 32.1. The fraction of sp³-hybridized carbons (Fsp3) is 0.286. The lowest BCUT2D eigenvalue weighted by atomic mass is 10.1. The van der Waals surface area contributed by atoms with Crippen LogP contribution in [0.25, 0.3) is 0 Å². The van der Waals surface area contributed by atoms with Crippen LogP contribution in [0.1, 0.15) is 5.56 Å². The third-order valence-electron chi connectivity index (χ3n) is 2.83. The summed E-state index contributed by atoms with van der Waals surface area (Å²) in [6, 6.07) is 5.79. The number of aromatic nitrogens is 1. The van der Waals surface area contributed by atoms with Gasteiger partial charge in [-0.05, 0) is 30.3 Å². The summed E-state index contributed by atoms with van der Waals surface area (Å²) in [7, 11) is 3.29. The molecule has 0 aliphatic carbocycles. The minimum absolute atomic E-state index is 0.567. The van der Waals surface area contributed by atoms with Crippen molar-refractivity contribution in [2.45, 2.75) is 6.42 Å². The lowest BCUT2D eigenvalue weighted by Crippen LogP contribution is -2.30. The molecule has 0 aliphatic rings. The van der Waals surface area contributed by atoms with Gasteiger partial charge in [0.15, 0.2) is 10.2 Å². The van der Waals surface area contributed by atoms with Crippen LogP contribution in [0.3, 0.4) is 0 Å². The maximum Gasteiger partial charge on any atom is 0.188 e. The minimum atomic E-state index is 0.567. The molecular weight excluding hydrogens is 306 g/mol. The summed E-state index contributed by atoms with van der Waals surface area (Å²) in [5, 5.41) is 9.43. The summed E-state index contributed by atoms with van der Waals surface area (Å²) in [4.78, 5) is 4.11. The van der Waals surface area contributed by atoms with Crippen molar-refractivity contribution in [1.82, 2.24) is 10.3 Å². The van der Waals surface area contributed by atoms with Crippen molar-refractivity contribution in [3.8, 4) is 11.5 Å². The van der Waals surface area contributed by atoms with E-state index in [1.54, 1.807) is 20.4 Å². The second kappa shape index (κ2) is 7.80. The van der Waals surface area contributed by atoms with E-state index in [9.17, 15) is 0 Å². The fourth-order valence-corrected chi connectivity index (χ4v) is 2.59. The summed E-state index contributed by atoms with van der Waals surface area (Å²) >= 11 is 6.72. The lowest BCUT2D eigenvalue weighted by Gasteiger charge is -2.12. The molecule has 1 aromatic carbocycles. The van der Waals surface area contributed by atoms with E-state index in [2.05, 4.69) is 15.6 Å². The molecule has 0 amide bonds. The monoisotopic (exact) mass is 323 g/mol. The summed E-state index contributed by atoms with van der Waals surface area (Å²) in [5.41, 5.74) is 1.10. The number of thiocarbonyl (C=S) groups is 1. The van der Waals surface area contributed by atoms with Crippen molar-refractivity contribution in [3.63, 3.8) is 0 Å². The van der Waals surface area contributed by atoms with E-state index in [4.69, 9.17) is 21.7 Å². The van der Waals surface area contributed by atoms with Crippen LogP contribution in [0.2, 0.25) is 0 Å². The molecule has 1 aromatic heterocycles. The Bertz CT molecular complexity index is 588. The van der Waals surface area contributed by atoms with Crippen LogP contribution in [0.15, 0.2) is 29.8 Å². The van der Waals surface area contributed by atoms with Gasteiger partial charge in [0.25, 0.3) is 0 Å². The van der Waals surface area contributed by atoms with Crippen LogP contribution in [0.4, 0.5) is 5.13 Å². The first kappa shape index (κ1) is 15.5. The van der Waals surface area contributed by atoms with E-state index < -0.39 is 0 Å². The van der Waals surface area contributed by atoms with Crippen molar-refractivity contribution in [1.29, 1.82) is 0 Å². The fourth-order valence-electron chi connectivity index (χ4n) is 1.80. The number of anilines is 1. The lowest BCUT2D eigenvalue weighted by molar-refractivity contribution is 0.391. The summed E-state index contributed by atoms with van der Waals surface area (Å²) in [6.45, 7) is 0.708. The zero-order valence-corrected chi connectivity index (χ0v) is 13.5. The van der Waals surface area contributed by atoms with Gasteiger partial charge in [0, 0.05) is 24.2 Å². The van der Waals surface area contributed by atoms with Crippen molar-refractivity contribution >= 4 is 33.8 Å². The molecule has 0 atom stereocenters. The van der Waals surface area contributed by atoms with Gasteiger partial charge in [0.1, 0.15) is 11.5 Å².